The van der Waals surface area contributed by atoms with Crippen LogP contribution in [0.4, 0.5) is 0 Å². The first-order valence-corrected chi connectivity index (χ1v) is 21.2. The van der Waals surface area contributed by atoms with Crippen molar-refractivity contribution in [3.05, 3.63) is 60.3 Å². The average Bonchev–Trinajstić information content (AvgIpc) is 3.42. The fourth-order valence-electron chi connectivity index (χ4n) is 11.5. The number of rotatable bonds is 21. The Morgan fingerprint density at radius 1 is 0.776 bits per heavy atom. The highest BCUT2D eigenvalue weighted by Gasteiger charge is 2.59. The van der Waals surface area contributed by atoms with E-state index >= 15 is 0 Å². The fraction of sp³-hybridized carbons (Fsp3) is 0.766. The Bertz CT molecular complexity index is 1140. The number of hydrogen-bond acceptors (Lipinski definition) is 1. The number of carboxylic acid groups (broad SMARTS) is 1. The summed E-state index contributed by atoms with van der Waals surface area (Å²) < 4.78 is 0. The molecule has 2 heteroatoms. The lowest BCUT2D eigenvalue weighted by Gasteiger charge is -2.59. The molecular weight excluding hydrogens is 597 g/mol. The quantitative estimate of drug-likeness (QED) is 0.0973. The third kappa shape index (κ3) is 11.3. The third-order valence-electron chi connectivity index (χ3n) is 14.1. The molecule has 0 bridgehead atoms. The molecule has 0 aromatic heterocycles. The van der Waals surface area contributed by atoms with Crippen molar-refractivity contribution < 1.29 is 9.90 Å². The Labute approximate surface area is 303 Å². The van der Waals surface area contributed by atoms with E-state index in [0.29, 0.717) is 10.8 Å². The summed E-state index contributed by atoms with van der Waals surface area (Å²) in [5.41, 5.74) is 3.01. The van der Waals surface area contributed by atoms with Gasteiger partial charge in [-0.2, -0.15) is 0 Å². The predicted octanol–water partition coefficient (Wildman–Crippen LogP) is 14.2. The van der Waals surface area contributed by atoms with E-state index in [9.17, 15) is 4.79 Å². The molecule has 0 aromatic rings. The predicted molar refractivity (Wildman–Crippen MR) is 212 cm³/mol. The molecule has 4 aliphatic rings. The first-order valence-electron chi connectivity index (χ1n) is 21.2. The normalized spacial score (nSPS) is 32.3. The molecule has 0 radical (unpaired) electrons. The minimum Gasteiger partial charge on any atom is -0.481 e. The second kappa shape index (κ2) is 20.3. The van der Waals surface area contributed by atoms with Crippen LogP contribution < -0.4 is 0 Å². The fourth-order valence-corrected chi connectivity index (χ4v) is 11.5. The zero-order chi connectivity index (χ0) is 35.1. The number of unbranched alkanes of at least 4 members (excludes halogenated alkanes) is 4. The zero-order valence-electron chi connectivity index (χ0n) is 32.6. The van der Waals surface area contributed by atoms with Crippen molar-refractivity contribution in [2.24, 2.45) is 52.3 Å². The molecule has 4 aliphatic carbocycles. The molecule has 3 fully saturated rings. The van der Waals surface area contributed by atoms with Gasteiger partial charge in [0.25, 0.3) is 0 Å². The lowest BCUT2D eigenvalue weighted by molar-refractivity contribution is -0.137. The maximum absolute atomic E-state index is 10.5. The summed E-state index contributed by atoms with van der Waals surface area (Å²) in [4.78, 5) is 10.5. The number of allylic oxidation sites excluding steroid dienone is 10. The van der Waals surface area contributed by atoms with Gasteiger partial charge in [-0.05, 0) is 149 Å². The molecule has 4 unspecified atom stereocenters. The van der Waals surface area contributed by atoms with Crippen LogP contribution in [0.15, 0.2) is 60.3 Å². The summed E-state index contributed by atoms with van der Waals surface area (Å²) in [5, 5.41) is 8.66. The van der Waals surface area contributed by atoms with Gasteiger partial charge in [0.05, 0.1) is 0 Å². The lowest BCUT2D eigenvalue weighted by atomic mass is 9.46. The summed E-state index contributed by atoms with van der Waals surface area (Å²) >= 11 is 0. The number of carbonyl (C=O) groups is 1. The smallest absolute Gasteiger partial charge is 0.303 e. The van der Waals surface area contributed by atoms with Crippen LogP contribution in [0.2, 0.25) is 0 Å². The van der Waals surface area contributed by atoms with Crippen molar-refractivity contribution in [1.29, 1.82) is 0 Å². The molecule has 0 amide bonds. The summed E-state index contributed by atoms with van der Waals surface area (Å²) in [7, 11) is 0. The molecule has 0 aromatic carbocycles. The number of aliphatic carboxylic acids is 1. The number of carboxylic acids is 1. The Hall–Kier alpha value is -1.83. The van der Waals surface area contributed by atoms with E-state index in [-0.39, 0.29) is 6.42 Å². The maximum atomic E-state index is 10.5. The molecule has 49 heavy (non-hydrogen) atoms. The Morgan fingerprint density at radius 3 is 2.12 bits per heavy atom. The van der Waals surface area contributed by atoms with Gasteiger partial charge < -0.3 is 5.11 Å². The molecule has 3 saturated carbocycles. The highest BCUT2D eigenvalue weighted by Crippen LogP contribution is 2.68. The molecule has 0 aliphatic heterocycles. The minimum atomic E-state index is -0.706. The second-order valence-corrected chi connectivity index (χ2v) is 17.8. The van der Waals surface area contributed by atoms with Crippen molar-refractivity contribution in [2.75, 3.05) is 0 Å². The highest BCUT2D eigenvalue weighted by molar-refractivity contribution is 5.66. The summed E-state index contributed by atoms with van der Waals surface area (Å²) in [6.07, 6.45) is 48.4. The summed E-state index contributed by atoms with van der Waals surface area (Å²) in [6, 6.07) is 0. The Kier molecular flexibility index (Phi) is 16.5. The van der Waals surface area contributed by atoms with E-state index in [4.69, 9.17) is 5.11 Å². The number of hydrogen-bond donors (Lipinski definition) is 1. The lowest BCUT2D eigenvalue weighted by Crippen LogP contribution is -2.51. The van der Waals surface area contributed by atoms with Crippen molar-refractivity contribution in [2.45, 2.75) is 176 Å². The first-order chi connectivity index (χ1) is 23.7. The van der Waals surface area contributed by atoms with Gasteiger partial charge in [-0.15, -0.1) is 0 Å². The van der Waals surface area contributed by atoms with Crippen molar-refractivity contribution in [3.63, 3.8) is 0 Å². The van der Waals surface area contributed by atoms with Crippen LogP contribution in [-0.2, 0) is 4.79 Å². The molecule has 4 rings (SSSR count). The van der Waals surface area contributed by atoms with E-state index in [1.165, 1.54) is 103 Å². The molecule has 8 atom stereocenters. The maximum Gasteiger partial charge on any atom is 0.303 e. The van der Waals surface area contributed by atoms with E-state index < -0.39 is 5.97 Å². The number of fused-ring (bicyclic) bond motifs is 5. The van der Waals surface area contributed by atoms with Gasteiger partial charge in [-0.1, -0.05) is 133 Å². The molecule has 276 valence electrons. The van der Waals surface area contributed by atoms with Gasteiger partial charge in [-0.25, -0.2) is 0 Å². The van der Waals surface area contributed by atoms with Gasteiger partial charge in [-0.3, -0.25) is 4.79 Å². The second-order valence-electron chi connectivity index (χ2n) is 17.8. The summed E-state index contributed by atoms with van der Waals surface area (Å²) in [6.45, 7) is 12.9. The monoisotopic (exact) mass is 673 g/mol. The summed E-state index contributed by atoms with van der Waals surface area (Å²) in [5.74, 6) is 5.75. The van der Waals surface area contributed by atoms with Gasteiger partial charge in [0.2, 0.25) is 0 Å². The van der Waals surface area contributed by atoms with Crippen LogP contribution in [0.25, 0.3) is 0 Å². The Balaban J connectivity index is 1.13. The molecule has 0 spiro atoms. The van der Waals surface area contributed by atoms with Crippen LogP contribution in [0, 0.1) is 52.3 Å². The zero-order valence-corrected chi connectivity index (χ0v) is 32.6. The average molecular weight is 673 g/mol. The molecule has 0 saturated heterocycles. The first kappa shape index (κ1) is 39.9. The SMILES string of the molecule is CC(C)CCC[C@@H](C)[C@H]1CCC2C3CC=C4C(CCCCCC=CCC=CCC=CCC=CCCCC(=O)O)CCC[C@]4(C)C3CC[C@@]21C. The van der Waals surface area contributed by atoms with Crippen LogP contribution in [0.3, 0.4) is 0 Å². The van der Waals surface area contributed by atoms with E-state index in [1.807, 2.05) is 5.57 Å². The third-order valence-corrected chi connectivity index (χ3v) is 14.1. The largest absolute Gasteiger partial charge is 0.481 e. The van der Waals surface area contributed by atoms with Crippen molar-refractivity contribution >= 4 is 5.97 Å². The molecule has 0 heterocycles. The van der Waals surface area contributed by atoms with Crippen LogP contribution in [0.5, 0.6) is 0 Å². The van der Waals surface area contributed by atoms with E-state index in [1.54, 1.807) is 0 Å². The van der Waals surface area contributed by atoms with Crippen LogP contribution >= 0.6 is 0 Å². The van der Waals surface area contributed by atoms with Gasteiger partial charge in [0.15, 0.2) is 0 Å². The van der Waals surface area contributed by atoms with Gasteiger partial charge in [0, 0.05) is 6.42 Å². The van der Waals surface area contributed by atoms with Gasteiger partial charge >= 0.3 is 5.97 Å². The van der Waals surface area contributed by atoms with Crippen molar-refractivity contribution in [3.8, 4) is 0 Å². The minimum absolute atomic E-state index is 0.262. The highest BCUT2D eigenvalue weighted by atomic mass is 16.4. The van der Waals surface area contributed by atoms with E-state index in [2.05, 4.69) is 89.3 Å². The van der Waals surface area contributed by atoms with Crippen LogP contribution in [0.1, 0.15) is 176 Å². The Morgan fingerprint density at radius 2 is 1.45 bits per heavy atom. The van der Waals surface area contributed by atoms with Gasteiger partial charge in [0.1, 0.15) is 0 Å². The standard InChI is InChI=1S/C47H76O2/c1-37(2)25-23-26-38(3)41-32-33-43-40-30-31-42-39(28-24-35-46(42,4)44(40)34-36-47(41,43)5)27-21-19-17-15-13-11-9-7-6-8-10-12-14-16-18-20-22-29-45(48)49/h6-7,10-13,16,18,31,37-41,43-44H,8-9,14-15,17,19-30,32-36H2,1-5H3,(H,48,49)/t38-,39?,40?,41-,43?,44?,46+,47-/m1/s1. The van der Waals surface area contributed by atoms with Crippen LogP contribution in [-0.4, -0.2) is 11.1 Å². The molecular formula is C47H76O2. The molecule has 2 nitrogen and oxygen atoms in total. The van der Waals surface area contributed by atoms with E-state index in [0.717, 1.165) is 73.5 Å². The molecule has 1 N–H and O–H groups in total. The van der Waals surface area contributed by atoms with Crippen molar-refractivity contribution in [1.82, 2.24) is 0 Å². The topological polar surface area (TPSA) is 37.3 Å².